The van der Waals surface area contributed by atoms with E-state index in [-0.39, 0.29) is 28.9 Å². The van der Waals surface area contributed by atoms with Gasteiger partial charge in [0.1, 0.15) is 10.6 Å². The number of hydrogen-bond acceptors (Lipinski definition) is 4. The van der Waals surface area contributed by atoms with Crippen LogP contribution in [-0.2, 0) is 10.0 Å². The molecule has 138 valence electrons. The highest BCUT2D eigenvalue weighted by Gasteiger charge is 2.35. The monoisotopic (exact) mass is 393 g/mol. The second-order valence-corrected chi connectivity index (χ2v) is 8.57. The molecule has 0 amide bonds. The van der Waals surface area contributed by atoms with Crippen molar-refractivity contribution < 1.29 is 17.9 Å². The van der Waals surface area contributed by atoms with Gasteiger partial charge in [-0.05, 0) is 31.0 Å². The predicted molar refractivity (Wildman–Crippen MR) is 100 cm³/mol. The number of hydrogen-bond donors (Lipinski definition) is 0. The molecule has 0 N–H and O–H groups in total. The Morgan fingerprint density at radius 1 is 1.19 bits per heavy atom. The number of ether oxygens (including phenoxy) is 1. The number of Topliss-reactive ketones (excluding diaryl/α,β-unsaturated/α-hetero) is 1. The number of nitrogens with zero attached hydrogens (tertiary/aromatic N) is 1. The van der Waals surface area contributed by atoms with Crippen LogP contribution in [0.3, 0.4) is 0 Å². The van der Waals surface area contributed by atoms with Gasteiger partial charge in [0.25, 0.3) is 0 Å². The molecule has 1 atom stereocenters. The molecule has 1 fully saturated rings. The number of halogens is 1. The summed E-state index contributed by atoms with van der Waals surface area (Å²) in [7, 11) is -2.39. The first-order valence-electron chi connectivity index (χ1n) is 8.36. The average molecular weight is 394 g/mol. The normalized spacial score (nSPS) is 18.5. The number of carbonyl (C=O) groups is 1. The molecule has 3 rings (SSSR count). The first-order valence-corrected chi connectivity index (χ1v) is 10.2. The zero-order valence-electron chi connectivity index (χ0n) is 14.4. The lowest BCUT2D eigenvalue weighted by Crippen LogP contribution is -2.42. The minimum absolute atomic E-state index is 0.0245. The van der Waals surface area contributed by atoms with Gasteiger partial charge in [0.05, 0.1) is 7.11 Å². The number of sulfonamides is 1. The summed E-state index contributed by atoms with van der Waals surface area (Å²) in [6.45, 7) is 0.530. The molecule has 2 aromatic rings. The Bertz CT molecular complexity index is 899. The van der Waals surface area contributed by atoms with E-state index < -0.39 is 10.0 Å². The summed E-state index contributed by atoms with van der Waals surface area (Å²) in [5, 5.41) is 0.318. The van der Waals surface area contributed by atoms with E-state index in [0.29, 0.717) is 30.0 Å². The van der Waals surface area contributed by atoms with Crippen LogP contribution in [0.2, 0.25) is 5.02 Å². The molecule has 0 saturated carbocycles. The third kappa shape index (κ3) is 3.77. The fourth-order valence-corrected chi connectivity index (χ4v) is 5.15. The predicted octanol–water partition coefficient (Wildman–Crippen LogP) is 3.63. The van der Waals surface area contributed by atoms with Gasteiger partial charge in [-0.15, -0.1) is 0 Å². The highest BCUT2D eigenvalue weighted by atomic mass is 35.5. The van der Waals surface area contributed by atoms with Gasteiger partial charge in [0.15, 0.2) is 5.78 Å². The van der Waals surface area contributed by atoms with Gasteiger partial charge in [-0.1, -0.05) is 41.9 Å². The molecular weight excluding hydrogens is 374 g/mol. The van der Waals surface area contributed by atoms with Crippen molar-refractivity contribution in [2.45, 2.75) is 17.7 Å². The van der Waals surface area contributed by atoms with Crippen LogP contribution in [0.5, 0.6) is 5.75 Å². The summed E-state index contributed by atoms with van der Waals surface area (Å²) in [6, 6.07) is 13.5. The quantitative estimate of drug-likeness (QED) is 0.727. The molecular formula is C19H20ClNO4S. The van der Waals surface area contributed by atoms with Crippen molar-refractivity contribution in [1.29, 1.82) is 0 Å². The molecule has 0 radical (unpaired) electrons. The molecule has 1 unspecified atom stereocenters. The van der Waals surface area contributed by atoms with E-state index in [1.807, 2.05) is 6.07 Å². The molecule has 26 heavy (non-hydrogen) atoms. The van der Waals surface area contributed by atoms with E-state index in [0.717, 1.165) is 0 Å². The van der Waals surface area contributed by atoms with Crippen LogP contribution in [-0.4, -0.2) is 38.7 Å². The zero-order valence-corrected chi connectivity index (χ0v) is 16.0. The van der Waals surface area contributed by atoms with Gasteiger partial charge in [-0.25, -0.2) is 8.42 Å². The summed E-state index contributed by atoms with van der Waals surface area (Å²) < 4.78 is 32.7. The molecule has 1 saturated heterocycles. The first-order chi connectivity index (χ1) is 12.4. The van der Waals surface area contributed by atoms with E-state index in [9.17, 15) is 13.2 Å². The van der Waals surface area contributed by atoms with Crippen LogP contribution >= 0.6 is 11.6 Å². The third-order valence-corrected chi connectivity index (χ3v) is 6.68. The standard InChI is InChI=1S/C19H20ClNO4S/c1-25-17-10-9-16(20)12-18(17)26(23,24)21-11-5-8-15(13-21)19(22)14-6-3-2-4-7-14/h2-4,6-7,9-10,12,15H,5,8,11,13H2,1H3. The van der Waals surface area contributed by atoms with E-state index in [2.05, 4.69) is 0 Å². The molecule has 7 heteroatoms. The van der Waals surface area contributed by atoms with Gasteiger partial charge in [0, 0.05) is 29.6 Å². The lowest BCUT2D eigenvalue weighted by molar-refractivity contribution is 0.0872. The fraction of sp³-hybridized carbons (Fsp3) is 0.316. The van der Waals surface area contributed by atoms with Crippen LogP contribution in [0.4, 0.5) is 0 Å². The van der Waals surface area contributed by atoms with Gasteiger partial charge in [-0.3, -0.25) is 4.79 Å². The Labute approximate surface area is 158 Å². The van der Waals surface area contributed by atoms with Gasteiger partial charge < -0.3 is 4.74 Å². The van der Waals surface area contributed by atoms with E-state index in [1.165, 1.54) is 23.5 Å². The smallest absolute Gasteiger partial charge is 0.246 e. The average Bonchev–Trinajstić information content (AvgIpc) is 2.68. The highest BCUT2D eigenvalue weighted by Crippen LogP contribution is 2.32. The summed E-state index contributed by atoms with van der Waals surface area (Å²) in [5.74, 6) is -0.138. The topological polar surface area (TPSA) is 63.7 Å². The summed E-state index contributed by atoms with van der Waals surface area (Å²) >= 11 is 5.99. The SMILES string of the molecule is COc1ccc(Cl)cc1S(=O)(=O)N1CCCC(C(=O)c2ccccc2)C1. The highest BCUT2D eigenvalue weighted by molar-refractivity contribution is 7.89. The first kappa shape index (κ1) is 18.9. The number of benzene rings is 2. The molecule has 2 aromatic carbocycles. The maximum absolute atomic E-state index is 13.1. The maximum Gasteiger partial charge on any atom is 0.246 e. The maximum atomic E-state index is 13.1. The minimum atomic E-state index is -3.80. The van der Waals surface area contributed by atoms with Crippen LogP contribution in [0.25, 0.3) is 0 Å². The molecule has 1 aliphatic heterocycles. The summed E-state index contributed by atoms with van der Waals surface area (Å²) in [5.41, 5.74) is 0.608. The zero-order chi connectivity index (χ0) is 18.7. The third-order valence-electron chi connectivity index (χ3n) is 4.56. The Morgan fingerprint density at radius 3 is 2.62 bits per heavy atom. The molecule has 0 aliphatic carbocycles. The Kier molecular flexibility index (Phi) is 5.65. The van der Waals surface area contributed by atoms with Crippen molar-refractivity contribution in [2.75, 3.05) is 20.2 Å². The van der Waals surface area contributed by atoms with Gasteiger partial charge >= 0.3 is 0 Å². The lowest BCUT2D eigenvalue weighted by Gasteiger charge is -2.31. The van der Waals surface area contributed by atoms with Crippen molar-refractivity contribution in [2.24, 2.45) is 5.92 Å². The molecule has 0 spiro atoms. The summed E-state index contributed by atoms with van der Waals surface area (Å²) in [6.07, 6.45) is 1.30. The van der Waals surface area contributed by atoms with Crippen LogP contribution < -0.4 is 4.74 Å². The van der Waals surface area contributed by atoms with E-state index in [1.54, 1.807) is 30.3 Å². The second kappa shape index (κ2) is 7.78. The number of rotatable bonds is 5. The van der Waals surface area contributed by atoms with Crippen molar-refractivity contribution in [3.63, 3.8) is 0 Å². The van der Waals surface area contributed by atoms with E-state index >= 15 is 0 Å². The Balaban J connectivity index is 1.87. The second-order valence-electron chi connectivity index (χ2n) is 6.23. The van der Waals surface area contributed by atoms with Crippen molar-refractivity contribution in [1.82, 2.24) is 4.31 Å². The van der Waals surface area contributed by atoms with Crippen molar-refractivity contribution >= 4 is 27.4 Å². The molecule has 0 aromatic heterocycles. The van der Waals surface area contributed by atoms with Crippen molar-refractivity contribution in [3.8, 4) is 5.75 Å². The number of carbonyl (C=O) groups excluding carboxylic acids is 1. The molecule has 5 nitrogen and oxygen atoms in total. The molecule has 1 heterocycles. The Morgan fingerprint density at radius 2 is 1.92 bits per heavy atom. The van der Waals surface area contributed by atoms with Crippen LogP contribution in [0.15, 0.2) is 53.4 Å². The van der Waals surface area contributed by atoms with Crippen LogP contribution in [0, 0.1) is 5.92 Å². The minimum Gasteiger partial charge on any atom is -0.495 e. The number of methoxy groups -OCH3 is 1. The fourth-order valence-electron chi connectivity index (χ4n) is 3.20. The largest absolute Gasteiger partial charge is 0.495 e. The number of piperidine rings is 1. The Hall–Kier alpha value is -1.89. The van der Waals surface area contributed by atoms with Gasteiger partial charge in [-0.2, -0.15) is 4.31 Å². The van der Waals surface area contributed by atoms with Gasteiger partial charge in [0.2, 0.25) is 10.0 Å². The summed E-state index contributed by atoms with van der Waals surface area (Å²) in [4.78, 5) is 12.7. The van der Waals surface area contributed by atoms with E-state index in [4.69, 9.17) is 16.3 Å². The van der Waals surface area contributed by atoms with Crippen LogP contribution in [0.1, 0.15) is 23.2 Å². The molecule has 1 aliphatic rings. The lowest BCUT2D eigenvalue weighted by atomic mass is 9.91. The van der Waals surface area contributed by atoms with Crippen molar-refractivity contribution in [3.05, 3.63) is 59.1 Å². The number of ketones is 1. The molecule has 0 bridgehead atoms.